The van der Waals surface area contributed by atoms with Gasteiger partial charge in [0.25, 0.3) is 0 Å². The fourth-order valence-electron chi connectivity index (χ4n) is 4.57. The molecule has 0 aliphatic carbocycles. The van der Waals surface area contributed by atoms with Crippen molar-refractivity contribution < 1.29 is 38.1 Å². The van der Waals surface area contributed by atoms with Crippen LogP contribution < -0.4 is 18.9 Å². The van der Waals surface area contributed by atoms with Crippen LogP contribution in [-0.2, 0) is 19.2 Å². The van der Waals surface area contributed by atoms with Crippen molar-refractivity contribution in [2.24, 2.45) is 0 Å². The Balaban J connectivity index is 2.03. The van der Waals surface area contributed by atoms with Crippen molar-refractivity contribution in [3.05, 3.63) is 65.2 Å². The molecule has 0 radical (unpaired) electrons. The molecular formula is C32H29N3O8. The second-order valence-electron chi connectivity index (χ2n) is 9.77. The molecule has 1 heterocycles. The highest BCUT2D eigenvalue weighted by molar-refractivity contribution is 5.80. The monoisotopic (exact) mass is 583 g/mol. The Kier molecular flexibility index (Phi) is 8.94. The Labute approximate surface area is 247 Å². The molecule has 0 aliphatic rings. The number of benzene rings is 3. The highest BCUT2D eigenvalue weighted by atomic mass is 16.6. The van der Waals surface area contributed by atoms with E-state index in [1.165, 1.54) is 52.0 Å². The van der Waals surface area contributed by atoms with Crippen LogP contribution in [0.15, 0.2) is 48.5 Å². The van der Waals surface area contributed by atoms with Crippen LogP contribution in [0.1, 0.15) is 44.4 Å². The van der Waals surface area contributed by atoms with E-state index in [2.05, 4.69) is 4.98 Å². The minimum Gasteiger partial charge on any atom is -0.427 e. The first-order valence-corrected chi connectivity index (χ1v) is 13.2. The van der Waals surface area contributed by atoms with E-state index in [0.29, 0.717) is 17.0 Å². The van der Waals surface area contributed by atoms with Gasteiger partial charge in [-0.05, 0) is 56.2 Å². The molecule has 0 saturated heterocycles. The lowest BCUT2D eigenvalue weighted by Gasteiger charge is -2.16. The summed E-state index contributed by atoms with van der Waals surface area (Å²) in [7, 11) is 0. The number of aryl methyl sites for hydroxylation is 3. The minimum atomic E-state index is -0.612. The molecule has 0 bridgehead atoms. The molecule has 0 unspecified atom stereocenters. The van der Waals surface area contributed by atoms with E-state index >= 15 is 0 Å². The molecule has 0 aliphatic heterocycles. The van der Waals surface area contributed by atoms with Gasteiger partial charge in [-0.1, -0.05) is 17.7 Å². The summed E-state index contributed by atoms with van der Waals surface area (Å²) in [5.41, 5.74) is 4.26. The normalized spacial score (nSPS) is 10.6. The molecule has 11 heteroatoms. The molecule has 0 spiro atoms. The second kappa shape index (κ2) is 12.6. The van der Waals surface area contributed by atoms with Gasteiger partial charge < -0.3 is 18.9 Å². The van der Waals surface area contributed by atoms with Crippen molar-refractivity contribution in [2.75, 3.05) is 0 Å². The topological polar surface area (TPSA) is 144 Å². The molecule has 0 amide bonds. The molecule has 11 nitrogen and oxygen atoms in total. The van der Waals surface area contributed by atoms with E-state index < -0.39 is 23.9 Å². The Bertz CT molecular complexity index is 1660. The molecular weight excluding hydrogens is 554 g/mol. The summed E-state index contributed by atoms with van der Waals surface area (Å²) in [6.45, 7) is 10.8. The SMILES string of the molecule is CC(=O)Oc1ccc(-c2nc(-c3ccc(OC(C)=O)cc3OC(C)=O)nc(-c3c(C)cc(C)cc3C)n2)c(OC(C)=O)c1. The molecule has 0 saturated carbocycles. The Morgan fingerprint density at radius 1 is 0.512 bits per heavy atom. The van der Waals surface area contributed by atoms with E-state index in [1.807, 2.05) is 32.9 Å². The molecule has 3 aromatic carbocycles. The average Bonchev–Trinajstić information content (AvgIpc) is 2.87. The summed E-state index contributed by atoms with van der Waals surface area (Å²) in [4.78, 5) is 61.3. The van der Waals surface area contributed by atoms with Gasteiger partial charge in [-0.15, -0.1) is 0 Å². The third-order valence-electron chi connectivity index (χ3n) is 5.95. The van der Waals surface area contributed by atoms with E-state index in [1.54, 1.807) is 12.1 Å². The minimum absolute atomic E-state index is 0.0529. The zero-order valence-corrected chi connectivity index (χ0v) is 24.7. The Morgan fingerprint density at radius 2 is 0.884 bits per heavy atom. The van der Waals surface area contributed by atoms with Gasteiger partial charge in [0.15, 0.2) is 17.5 Å². The van der Waals surface area contributed by atoms with Gasteiger partial charge in [0.2, 0.25) is 0 Å². The van der Waals surface area contributed by atoms with E-state index in [9.17, 15) is 19.2 Å². The van der Waals surface area contributed by atoms with Crippen molar-refractivity contribution in [2.45, 2.75) is 48.5 Å². The van der Waals surface area contributed by atoms with Crippen molar-refractivity contribution in [3.63, 3.8) is 0 Å². The third-order valence-corrected chi connectivity index (χ3v) is 5.95. The van der Waals surface area contributed by atoms with Crippen LogP contribution in [0.5, 0.6) is 23.0 Å². The quantitative estimate of drug-likeness (QED) is 0.201. The number of esters is 4. The Hall–Kier alpha value is -5.45. The average molecular weight is 584 g/mol. The molecule has 0 N–H and O–H groups in total. The lowest BCUT2D eigenvalue weighted by Crippen LogP contribution is -2.08. The summed E-state index contributed by atoms with van der Waals surface area (Å²) in [5.74, 6) is -1.33. The number of rotatable bonds is 7. The third kappa shape index (κ3) is 7.45. The van der Waals surface area contributed by atoms with Gasteiger partial charge in [-0.3, -0.25) is 19.2 Å². The number of hydrogen-bond acceptors (Lipinski definition) is 11. The summed E-state index contributed by atoms with van der Waals surface area (Å²) in [5, 5.41) is 0. The van der Waals surface area contributed by atoms with Crippen LogP contribution in [0.25, 0.3) is 34.2 Å². The summed E-state index contributed by atoms with van der Waals surface area (Å²) in [6.07, 6.45) is 0. The van der Waals surface area contributed by atoms with Crippen LogP contribution in [-0.4, -0.2) is 38.8 Å². The summed E-state index contributed by atoms with van der Waals surface area (Å²) in [6, 6.07) is 12.9. The standard InChI is InChI=1S/C32H29N3O8/c1-16-12-17(2)29(18(3)13-16)32-34-30(25-10-8-23(40-19(4)36)14-27(25)42-21(6)38)33-31(35-32)26-11-9-24(41-20(5)37)15-28(26)43-22(7)39/h8-15H,1-7H3. The lowest BCUT2D eigenvalue weighted by molar-refractivity contribution is -0.133. The number of carbonyl (C=O) groups is 4. The molecule has 0 fully saturated rings. The van der Waals surface area contributed by atoms with Gasteiger partial charge in [0.1, 0.15) is 23.0 Å². The zero-order chi connectivity index (χ0) is 31.4. The van der Waals surface area contributed by atoms with Crippen molar-refractivity contribution >= 4 is 23.9 Å². The second-order valence-corrected chi connectivity index (χ2v) is 9.77. The summed E-state index contributed by atoms with van der Waals surface area (Å²) < 4.78 is 21.3. The van der Waals surface area contributed by atoms with Gasteiger partial charge >= 0.3 is 23.9 Å². The molecule has 1 aromatic heterocycles. The summed E-state index contributed by atoms with van der Waals surface area (Å²) >= 11 is 0. The maximum atomic E-state index is 12.0. The number of carbonyl (C=O) groups excluding carboxylic acids is 4. The largest absolute Gasteiger partial charge is 0.427 e. The first kappa shape index (κ1) is 30.5. The number of ether oxygens (including phenoxy) is 4. The van der Waals surface area contributed by atoms with Crippen LogP contribution in [0.2, 0.25) is 0 Å². The lowest BCUT2D eigenvalue weighted by atomic mass is 9.99. The molecule has 43 heavy (non-hydrogen) atoms. The molecule has 4 aromatic rings. The van der Waals surface area contributed by atoms with Crippen LogP contribution in [0.3, 0.4) is 0 Å². The van der Waals surface area contributed by atoms with Gasteiger partial charge in [0.05, 0.1) is 11.1 Å². The fraction of sp³-hybridized carbons (Fsp3) is 0.219. The highest BCUT2D eigenvalue weighted by Crippen LogP contribution is 2.38. The van der Waals surface area contributed by atoms with Crippen molar-refractivity contribution in [1.29, 1.82) is 0 Å². The van der Waals surface area contributed by atoms with E-state index in [-0.39, 0.29) is 34.6 Å². The van der Waals surface area contributed by atoms with Crippen LogP contribution in [0, 0.1) is 20.8 Å². The first-order chi connectivity index (χ1) is 20.3. The maximum absolute atomic E-state index is 12.0. The van der Waals surface area contributed by atoms with Gasteiger partial charge in [0, 0.05) is 45.4 Å². The number of hydrogen-bond donors (Lipinski definition) is 0. The van der Waals surface area contributed by atoms with Crippen LogP contribution >= 0.6 is 0 Å². The van der Waals surface area contributed by atoms with Gasteiger partial charge in [-0.2, -0.15) is 0 Å². The smallest absolute Gasteiger partial charge is 0.308 e. The van der Waals surface area contributed by atoms with Crippen LogP contribution in [0.4, 0.5) is 0 Å². The van der Waals surface area contributed by atoms with Gasteiger partial charge in [-0.25, -0.2) is 15.0 Å². The van der Waals surface area contributed by atoms with E-state index in [4.69, 9.17) is 28.9 Å². The van der Waals surface area contributed by atoms with E-state index in [0.717, 1.165) is 22.3 Å². The predicted octanol–water partition coefficient (Wildman–Crippen LogP) is 5.50. The number of aromatic nitrogens is 3. The zero-order valence-electron chi connectivity index (χ0n) is 24.7. The fourth-order valence-corrected chi connectivity index (χ4v) is 4.57. The molecule has 4 rings (SSSR count). The van der Waals surface area contributed by atoms with Crippen molar-refractivity contribution in [1.82, 2.24) is 15.0 Å². The highest BCUT2D eigenvalue weighted by Gasteiger charge is 2.22. The first-order valence-electron chi connectivity index (χ1n) is 13.2. The molecule has 0 atom stereocenters. The number of nitrogens with zero attached hydrogens (tertiary/aromatic N) is 3. The predicted molar refractivity (Wildman–Crippen MR) is 156 cm³/mol. The Morgan fingerprint density at radius 3 is 1.26 bits per heavy atom. The molecule has 220 valence electrons. The van der Waals surface area contributed by atoms with Crippen molar-refractivity contribution in [3.8, 4) is 57.2 Å². The maximum Gasteiger partial charge on any atom is 0.308 e.